The molecule has 0 aliphatic carbocycles. The normalized spacial score (nSPS) is 19.7. The first-order chi connectivity index (χ1) is 13.0. The number of piperidine rings is 1. The number of rotatable bonds is 2. The fraction of sp³-hybridized carbons (Fsp3) is 0.526. The third-order valence-corrected chi connectivity index (χ3v) is 5.57. The van der Waals surface area contributed by atoms with Gasteiger partial charge in [-0.1, -0.05) is 0 Å². The Labute approximate surface area is 158 Å². The zero-order chi connectivity index (χ0) is 19.0. The van der Waals surface area contributed by atoms with E-state index in [4.69, 9.17) is 0 Å². The summed E-state index contributed by atoms with van der Waals surface area (Å²) in [6.07, 6.45) is 5.32. The second-order valence-corrected chi connectivity index (χ2v) is 7.35. The summed E-state index contributed by atoms with van der Waals surface area (Å²) < 4.78 is 2.13. The molecule has 2 aromatic rings. The van der Waals surface area contributed by atoms with Gasteiger partial charge in [0.15, 0.2) is 5.82 Å². The van der Waals surface area contributed by atoms with Crippen molar-refractivity contribution in [3.05, 3.63) is 41.2 Å². The maximum absolute atomic E-state index is 12.8. The fourth-order valence-electron chi connectivity index (χ4n) is 3.99. The van der Waals surface area contributed by atoms with E-state index in [0.717, 1.165) is 36.6 Å². The maximum Gasteiger partial charge on any atom is 0.256 e. The van der Waals surface area contributed by atoms with Gasteiger partial charge in [0.25, 0.3) is 5.91 Å². The topological polar surface area (TPSA) is 84.2 Å². The van der Waals surface area contributed by atoms with Gasteiger partial charge in [0.1, 0.15) is 5.82 Å². The van der Waals surface area contributed by atoms with Crippen molar-refractivity contribution in [2.24, 2.45) is 0 Å². The number of aryl methyl sites for hydroxylation is 1. The number of likely N-dealkylation sites (tertiary alicyclic amines) is 1. The van der Waals surface area contributed by atoms with Crippen LogP contribution in [0.15, 0.2) is 18.5 Å². The molecule has 2 aromatic heterocycles. The Bertz CT molecular complexity index is 877. The van der Waals surface area contributed by atoms with Crippen molar-refractivity contribution < 1.29 is 9.59 Å². The lowest BCUT2D eigenvalue weighted by atomic mass is 9.97. The molecule has 0 N–H and O–H groups in total. The van der Waals surface area contributed by atoms with E-state index in [9.17, 15) is 9.59 Å². The van der Waals surface area contributed by atoms with Gasteiger partial charge in [-0.2, -0.15) is 0 Å². The molecule has 8 heteroatoms. The number of pyridine rings is 1. The summed E-state index contributed by atoms with van der Waals surface area (Å²) >= 11 is 0. The van der Waals surface area contributed by atoms with Crippen molar-refractivity contribution in [3.8, 4) is 0 Å². The Morgan fingerprint density at radius 3 is 2.78 bits per heavy atom. The molecule has 1 saturated heterocycles. The minimum Gasteiger partial charge on any atom is -0.342 e. The molecule has 0 saturated carbocycles. The number of hydrogen-bond donors (Lipinski definition) is 0. The zero-order valence-corrected chi connectivity index (χ0v) is 15.8. The second-order valence-electron chi connectivity index (χ2n) is 7.35. The third kappa shape index (κ3) is 3.31. The van der Waals surface area contributed by atoms with E-state index in [-0.39, 0.29) is 17.7 Å². The SMILES string of the molecule is CC(=O)N1CCCC(c2nnc3n2CCN(C(=O)c2cnccc2C)C3)C1. The number of hydrogen-bond acceptors (Lipinski definition) is 5. The summed E-state index contributed by atoms with van der Waals surface area (Å²) in [6, 6.07) is 1.85. The first-order valence-corrected chi connectivity index (χ1v) is 9.42. The largest absolute Gasteiger partial charge is 0.342 e. The van der Waals surface area contributed by atoms with Crippen LogP contribution in [0.4, 0.5) is 0 Å². The summed E-state index contributed by atoms with van der Waals surface area (Å²) in [5, 5.41) is 8.77. The molecule has 2 aliphatic heterocycles. The van der Waals surface area contributed by atoms with E-state index in [1.54, 1.807) is 24.2 Å². The van der Waals surface area contributed by atoms with Gasteiger partial charge in [-0.25, -0.2) is 0 Å². The van der Waals surface area contributed by atoms with E-state index in [1.165, 1.54) is 0 Å². The summed E-state index contributed by atoms with van der Waals surface area (Å²) in [4.78, 5) is 32.3. The predicted molar refractivity (Wildman–Crippen MR) is 98.0 cm³/mol. The Morgan fingerprint density at radius 2 is 2.00 bits per heavy atom. The number of nitrogens with zero attached hydrogens (tertiary/aromatic N) is 6. The number of fused-ring (bicyclic) bond motifs is 1. The molecule has 2 aliphatic rings. The van der Waals surface area contributed by atoms with Crippen LogP contribution in [0.1, 0.15) is 53.3 Å². The lowest BCUT2D eigenvalue weighted by Crippen LogP contribution is -2.41. The van der Waals surface area contributed by atoms with Crippen LogP contribution < -0.4 is 0 Å². The Kier molecular flexibility index (Phi) is 4.63. The molecule has 0 aromatic carbocycles. The fourth-order valence-corrected chi connectivity index (χ4v) is 3.99. The molecule has 1 unspecified atom stereocenters. The Balaban J connectivity index is 1.51. The van der Waals surface area contributed by atoms with Crippen molar-refractivity contribution >= 4 is 11.8 Å². The first kappa shape index (κ1) is 17.6. The van der Waals surface area contributed by atoms with Gasteiger partial charge in [-0.3, -0.25) is 14.6 Å². The monoisotopic (exact) mass is 368 g/mol. The van der Waals surface area contributed by atoms with Gasteiger partial charge >= 0.3 is 0 Å². The van der Waals surface area contributed by atoms with Crippen LogP contribution in [0.25, 0.3) is 0 Å². The number of carbonyl (C=O) groups excluding carboxylic acids is 2. The minimum absolute atomic E-state index is 0.0168. The van der Waals surface area contributed by atoms with E-state index in [2.05, 4.69) is 19.7 Å². The molecular formula is C19H24N6O2. The highest BCUT2D eigenvalue weighted by Gasteiger charge is 2.31. The van der Waals surface area contributed by atoms with Crippen LogP contribution in [0, 0.1) is 6.92 Å². The van der Waals surface area contributed by atoms with E-state index in [0.29, 0.717) is 31.7 Å². The molecule has 4 rings (SSSR count). The van der Waals surface area contributed by atoms with E-state index in [1.807, 2.05) is 17.9 Å². The number of carbonyl (C=O) groups is 2. The van der Waals surface area contributed by atoms with Crippen LogP contribution in [0.3, 0.4) is 0 Å². The highest BCUT2D eigenvalue weighted by Crippen LogP contribution is 2.28. The highest BCUT2D eigenvalue weighted by molar-refractivity contribution is 5.95. The summed E-state index contributed by atoms with van der Waals surface area (Å²) in [5.74, 6) is 2.07. The van der Waals surface area contributed by atoms with Crippen LogP contribution >= 0.6 is 0 Å². The molecule has 1 atom stereocenters. The molecular weight excluding hydrogens is 344 g/mol. The second kappa shape index (κ2) is 7.09. The average Bonchev–Trinajstić information content (AvgIpc) is 3.11. The van der Waals surface area contributed by atoms with Crippen molar-refractivity contribution in [1.82, 2.24) is 29.5 Å². The van der Waals surface area contributed by atoms with Gasteiger partial charge in [-0.15, -0.1) is 10.2 Å². The van der Waals surface area contributed by atoms with E-state index >= 15 is 0 Å². The molecule has 27 heavy (non-hydrogen) atoms. The van der Waals surface area contributed by atoms with Crippen LogP contribution in [-0.2, 0) is 17.9 Å². The molecule has 2 amide bonds. The standard InChI is InChI=1S/C19H24N6O2/c1-13-5-6-20-10-16(13)19(27)24-8-9-25-17(12-24)21-22-18(25)15-4-3-7-23(11-15)14(2)26/h5-6,10,15H,3-4,7-9,11-12H2,1-2H3. The van der Waals surface area contributed by atoms with Crippen LogP contribution in [0.5, 0.6) is 0 Å². The van der Waals surface area contributed by atoms with E-state index < -0.39 is 0 Å². The molecule has 0 spiro atoms. The van der Waals surface area contributed by atoms with Gasteiger partial charge in [0.2, 0.25) is 5.91 Å². The quantitative estimate of drug-likeness (QED) is 0.799. The molecule has 1 fully saturated rings. The van der Waals surface area contributed by atoms with Gasteiger partial charge in [-0.05, 0) is 31.4 Å². The van der Waals surface area contributed by atoms with Crippen molar-refractivity contribution in [2.75, 3.05) is 19.6 Å². The number of amides is 2. The van der Waals surface area contributed by atoms with Crippen LogP contribution in [0.2, 0.25) is 0 Å². The van der Waals surface area contributed by atoms with Crippen molar-refractivity contribution in [1.29, 1.82) is 0 Å². The van der Waals surface area contributed by atoms with Gasteiger partial charge in [0, 0.05) is 51.4 Å². The molecule has 8 nitrogen and oxygen atoms in total. The smallest absolute Gasteiger partial charge is 0.256 e. The van der Waals surface area contributed by atoms with Crippen LogP contribution in [-0.4, -0.2) is 61.0 Å². The predicted octanol–water partition coefficient (Wildman–Crippen LogP) is 1.36. The van der Waals surface area contributed by atoms with Crippen molar-refractivity contribution in [3.63, 3.8) is 0 Å². The lowest BCUT2D eigenvalue weighted by molar-refractivity contribution is -0.130. The zero-order valence-electron chi connectivity index (χ0n) is 15.8. The highest BCUT2D eigenvalue weighted by atomic mass is 16.2. The Hall–Kier alpha value is -2.77. The first-order valence-electron chi connectivity index (χ1n) is 9.42. The maximum atomic E-state index is 12.8. The number of aromatic nitrogens is 4. The summed E-state index contributed by atoms with van der Waals surface area (Å²) in [5.41, 5.74) is 1.56. The minimum atomic E-state index is -0.0168. The van der Waals surface area contributed by atoms with Gasteiger partial charge < -0.3 is 14.4 Å². The lowest BCUT2D eigenvalue weighted by Gasteiger charge is -2.33. The summed E-state index contributed by atoms with van der Waals surface area (Å²) in [7, 11) is 0. The molecule has 4 heterocycles. The molecule has 0 bridgehead atoms. The molecule has 0 radical (unpaired) electrons. The average molecular weight is 368 g/mol. The van der Waals surface area contributed by atoms with Gasteiger partial charge in [0.05, 0.1) is 12.1 Å². The Morgan fingerprint density at radius 1 is 1.15 bits per heavy atom. The summed E-state index contributed by atoms with van der Waals surface area (Å²) in [6.45, 7) is 6.80. The van der Waals surface area contributed by atoms with Crippen molar-refractivity contribution in [2.45, 2.75) is 45.7 Å². The third-order valence-electron chi connectivity index (χ3n) is 5.57. The molecule has 142 valence electrons.